The fourth-order valence-electron chi connectivity index (χ4n) is 2.43. The first-order valence-electron chi connectivity index (χ1n) is 8.12. The van der Waals surface area contributed by atoms with E-state index in [0.29, 0.717) is 5.56 Å². The second-order valence-corrected chi connectivity index (χ2v) is 6.37. The molecule has 0 heterocycles. The summed E-state index contributed by atoms with van der Waals surface area (Å²) in [6.45, 7) is 7.76. The van der Waals surface area contributed by atoms with E-state index in [2.05, 4.69) is 10.6 Å². The van der Waals surface area contributed by atoms with Gasteiger partial charge in [0.15, 0.2) is 0 Å². The lowest BCUT2D eigenvalue weighted by molar-refractivity contribution is -0.118. The summed E-state index contributed by atoms with van der Waals surface area (Å²) in [5.41, 5.74) is 3.39. The van der Waals surface area contributed by atoms with E-state index in [1.54, 1.807) is 24.3 Å². The van der Waals surface area contributed by atoms with E-state index >= 15 is 0 Å². The lowest BCUT2D eigenvalue weighted by Crippen LogP contribution is -2.47. The van der Waals surface area contributed by atoms with E-state index in [1.165, 1.54) is 0 Å². The zero-order chi connectivity index (χ0) is 17.7. The Morgan fingerprint density at radius 3 is 2.25 bits per heavy atom. The van der Waals surface area contributed by atoms with Gasteiger partial charge in [0.25, 0.3) is 5.91 Å². The number of anilines is 1. The fourth-order valence-corrected chi connectivity index (χ4v) is 2.43. The second kappa shape index (κ2) is 7.77. The van der Waals surface area contributed by atoms with Crippen molar-refractivity contribution in [1.82, 2.24) is 5.32 Å². The fraction of sp³-hybridized carbons (Fsp3) is 0.300. The molecule has 0 aliphatic heterocycles. The molecule has 0 aliphatic rings. The molecule has 0 bridgehead atoms. The van der Waals surface area contributed by atoms with Crippen molar-refractivity contribution in [3.05, 3.63) is 65.2 Å². The maximum Gasteiger partial charge on any atom is 0.251 e. The van der Waals surface area contributed by atoms with Crippen LogP contribution < -0.4 is 10.6 Å². The number of aryl methyl sites for hydroxylation is 2. The molecular formula is C20H24N2O2. The number of hydrogen-bond donors (Lipinski definition) is 2. The molecule has 2 aromatic carbocycles. The molecule has 0 fully saturated rings. The number of nitrogens with one attached hydrogen (secondary N) is 2. The smallest absolute Gasteiger partial charge is 0.251 e. The highest BCUT2D eigenvalue weighted by molar-refractivity contribution is 6.01. The minimum Gasteiger partial charge on any atom is -0.340 e. The number of amides is 2. The maximum atomic E-state index is 12.7. The van der Waals surface area contributed by atoms with Crippen LogP contribution in [0.2, 0.25) is 0 Å². The van der Waals surface area contributed by atoms with Crippen molar-refractivity contribution in [1.29, 1.82) is 0 Å². The molecule has 0 spiro atoms. The minimum atomic E-state index is -0.599. The third kappa shape index (κ3) is 4.44. The first kappa shape index (κ1) is 17.7. The van der Waals surface area contributed by atoms with Gasteiger partial charge in [0.2, 0.25) is 5.91 Å². The van der Waals surface area contributed by atoms with Gasteiger partial charge in [-0.3, -0.25) is 9.59 Å². The molecule has 0 radical (unpaired) electrons. The lowest BCUT2D eigenvalue weighted by Gasteiger charge is -2.22. The molecular weight excluding hydrogens is 300 g/mol. The summed E-state index contributed by atoms with van der Waals surface area (Å²) in [6, 6.07) is 14.2. The zero-order valence-corrected chi connectivity index (χ0v) is 14.6. The molecule has 2 N–H and O–H groups in total. The van der Waals surface area contributed by atoms with Gasteiger partial charge < -0.3 is 10.6 Å². The van der Waals surface area contributed by atoms with Crippen molar-refractivity contribution in [3.8, 4) is 0 Å². The van der Waals surface area contributed by atoms with Gasteiger partial charge in [-0.25, -0.2) is 0 Å². The van der Waals surface area contributed by atoms with Gasteiger partial charge in [0, 0.05) is 11.3 Å². The molecule has 1 atom stereocenters. The highest BCUT2D eigenvalue weighted by atomic mass is 16.2. The van der Waals surface area contributed by atoms with Gasteiger partial charge in [0.05, 0.1) is 0 Å². The van der Waals surface area contributed by atoms with Crippen molar-refractivity contribution < 1.29 is 9.59 Å². The monoisotopic (exact) mass is 324 g/mol. The average molecular weight is 324 g/mol. The average Bonchev–Trinajstić information content (AvgIpc) is 2.56. The molecule has 0 aliphatic carbocycles. The van der Waals surface area contributed by atoms with Crippen molar-refractivity contribution in [2.24, 2.45) is 5.92 Å². The first-order valence-corrected chi connectivity index (χ1v) is 8.12. The molecule has 2 aromatic rings. The third-order valence-electron chi connectivity index (χ3n) is 3.92. The first-order chi connectivity index (χ1) is 11.4. The molecule has 4 heteroatoms. The molecule has 2 rings (SSSR count). The summed E-state index contributed by atoms with van der Waals surface area (Å²) in [7, 11) is 0. The Hall–Kier alpha value is -2.62. The molecule has 1 unspecified atom stereocenters. The molecule has 24 heavy (non-hydrogen) atoms. The van der Waals surface area contributed by atoms with Gasteiger partial charge in [-0.2, -0.15) is 0 Å². The Kier molecular flexibility index (Phi) is 5.74. The number of carbonyl (C=O) groups is 2. The Labute approximate surface area is 143 Å². The topological polar surface area (TPSA) is 58.2 Å². The molecule has 2 amide bonds. The number of hydrogen-bond acceptors (Lipinski definition) is 2. The molecule has 0 aromatic heterocycles. The molecule has 0 saturated heterocycles. The number of rotatable bonds is 5. The van der Waals surface area contributed by atoms with Crippen LogP contribution in [0.5, 0.6) is 0 Å². The Bertz CT molecular complexity index is 724. The van der Waals surface area contributed by atoms with Gasteiger partial charge in [-0.1, -0.05) is 44.2 Å². The van der Waals surface area contributed by atoms with E-state index in [0.717, 1.165) is 16.8 Å². The summed E-state index contributed by atoms with van der Waals surface area (Å²) in [4.78, 5) is 25.0. The molecule has 126 valence electrons. The van der Waals surface area contributed by atoms with Crippen LogP contribution >= 0.6 is 0 Å². The SMILES string of the molecule is Cc1ccc(C)c(NC(=O)C(NC(=O)c2ccccc2)C(C)C)c1. The zero-order valence-electron chi connectivity index (χ0n) is 14.6. The Morgan fingerprint density at radius 2 is 1.62 bits per heavy atom. The van der Waals surface area contributed by atoms with Crippen molar-refractivity contribution >= 4 is 17.5 Å². The number of carbonyl (C=O) groups excluding carboxylic acids is 2. The van der Waals surface area contributed by atoms with Crippen LogP contribution in [0.4, 0.5) is 5.69 Å². The maximum absolute atomic E-state index is 12.7. The highest BCUT2D eigenvalue weighted by Crippen LogP contribution is 2.17. The van der Waals surface area contributed by atoms with Gasteiger partial charge in [-0.05, 0) is 49.1 Å². The van der Waals surface area contributed by atoms with E-state index in [9.17, 15) is 9.59 Å². The number of benzene rings is 2. The largest absolute Gasteiger partial charge is 0.340 e. The lowest BCUT2D eigenvalue weighted by atomic mass is 10.0. The third-order valence-corrected chi connectivity index (χ3v) is 3.92. The van der Waals surface area contributed by atoms with Crippen molar-refractivity contribution in [2.45, 2.75) is 33.7 Å². The Morgan fingerprint density at radius 1 is 0.958 bits per heavy atom. The summed E-state index contributed by atoms with van der Waals surface area (Å²) >= 11 is 0. The quantitative estimate of drug-likeness (QED) is 0.881. The van der Waals surface area contributed by atoms with Gasteiger partial charge in [0.1, 0.15) is 6.04 Å². The van der Waals surface area contributed by atoms with Crippen LogP contribution in [0.3, 0.4) is 0 Å². The molecule has 0 saturated carbocycles. The standard InChI is InChI=1S/C20H24N2O2/c1-13(2)18(22-19(23)16-8-6-5-7-9-16)20(24)21-17-12-14(3)10-11-15(17)4/h5-13,18H,1-4H3,(H,21,24)(H,22,23). The van der Waals surface area contributed by atoms with Crippen LogP contribution in [0.25, 0.3) is 0 Å². The highest BCUT2D eigenvalue weighted by Gasteiger charge is 2.25. The van der Waals surface area contributed by atoms with E-state index in [4.69, 9.17) is 0 Å². The van der Waals surface area contributed by atoms with Crippen LogP contribution in [0, 0.1) is 19.8 Å². The Balaban J connectivity index is 2.13. The minimum absolute atomic E-state index is 0.0252. The summed E-state index contributed by atoms with van der Waals surface area (Å²) in [6.07, 6.45) is 0. The van der Waals surface area contributed by atoms with Crippen LogP contribution in [0.15, 0.2) is 48.5 Å². The van der Waals surface area contributed by atoms with Gasteiger partial charge in [-0.15, -0.1) is 0 Å². The normalized spacial score (nSPS) is 11.9. The predicted molar refractivity (Wildman–Crippen MR) is 97.1 cm³/mol. The summed E-state index contributed by atoms with van der Waals surface area (Å²) in [5.74, 6) is -0.476. The van der Waals surface area contributed by atoms with E-state index in [1.807, 2.05) is 52.0 Å². The second-order valence-electron chi connectivity index (χ2n) is 6.37. The molecule has 4 nitrogen and oxygen atoms in total. The van der Waals surface area contributed by atoms with E-state index in [-0.39, 0.29) is 17.7 Å². The van der Waals surface area contributed by atoms with Crippen molar-refractivity contribution in [3.63, 3.8) is 0 Å². The summed E-state index contributed by atoms with van der Waals surface area (Å²) < 4.78 is 0. The van der Waals surface area contributed by atoms with E-state index < -0.39 is 6.04 Å². The van der Waals surface area contributed by atoms with Gasteiger partial charge >= 0.3 is 0 Å². The van der Waals surface area contributed by atoms with Crippen molar-refractivity contribution in [2.75, 3.05) is 5.32 Å². The van der Waals surface area contributed by atoms with Crippen LogP contribution in [0.1, 0.15) is 35.3 Å². The predicted octanol–water partition coefficient (Wildman–Crippen LogP) is 3.70. The van der Waals surface area contributed by atoms with Crippen LogP contribution in [-0.2, 0) is 4.79 Å². The van der Waals surface area contributed by atoms with Crippen LogP contribution in [-0.4, -0.2) is 17.9 Å². The summed E-state index contributed by atoms with van der Waals surface area (Å²) in [5, 5.41) is 5.77.